The van der Waals surface area contributed by atoms with Crippen LogP contribution < -0.4 is 19.6 Å². The first kappa shape index (κ1) is 21.1. The highest BCUT2D eigenvalue weighted by molar-refractivity contribution is 7.14. The molecule has 30 heavy (non-hydrogen) atoms. The lowest BCUT2D eigenvalue weighted by atomic mass is 10.2. The summed E-state index contributed by atoms with van der Waals surface area (Å²) in [6, 6.07) is 10.6. The normalized spacial score (nSPS) is 10.8. The molecule has 0 aliphatic rings. The van der Waals surface area contributed by atoms with E-state index in [1.54, 1.807) is 20.1 Å². The van der Waals surface area contributed by atoms with Crippen LogP contribution in [0.25, 0.3) is 11.3 Å². The Morgan fingerprint density at radius 3 is 2.80 bits per heavy atom. The molecule has 0 spiro atoms. The number of thiazole rings is 1. The highest BCUT2D eigenvalue weighted by atomic mass is 32.1. The predicted octanol–water partition coefficient (Wildman–Crippen LogP) is 4.58. The van der Waals surface area contributed by atoms with Gasteiger partial charge in [-0.2, -0.15) is 5.10 Å². The predicted molar refractivity (Wildman–Crippen MR) is 116 cm³/mol. The van der Waals surface area contributed by atoms with Crippen molar-refractivity contribution < 1.29 is 19.1 Å². The third kappa shape index (κ3) is 4.84. The van der Waals surface area contributed by atoms with Gasteiger partial charge in [-0.15, -0.1) is 11.3 Å². The van der Waals surface area contributed by atoms with Crippen molar-refractivity contribution in [2.75, 3.05) is 26.3 Å². The van der Waals surface area contributed by atoms with Crippen LogP contribution in [0.2, 0.25) is 0 Å². The van der Waals surface area contributed by atoms with Crippen molar-refractivity contribution in [3.05, 3.63) is 57.5 Å². The van der Waals surface area contributed by atoms with Gasteiger partial charge in [0.1, 0.15) is 5.75 Å². The summed E-state index contributed by atoms with van der Waals surface area (Å²) in [5, 5.41) is 18.0. The molecular formula is C20H20N4O5S. The molecule has 0 saturated heterocycles. The Kier molecular flexibility index (Phi) is 6.81. The van der Waals surface area contributed by atoms with Crippen LogP contribution in [0.1, 0.15) is 12.5 Å². The second-order valence-corrected chi connectivity index (χ2v) is 6.76. The van der Waals surface area contributed by atoms with Crippen molar-refractivity contribution in [3.8, 4) is 28.5 Å². The molecule has 9 nitrogen and oxygen atoms in total. The zero-order chi connectivity index (χ0) is 21.5. The highest BCUT2D eigenvalue weighted by Gasteiger charge is 2.21. The molecule has 0 bridgehead atoms. The van der Waals surface area contributed by atoms with E-state index >= 15 is 0 Å². The average Bonchev–Trinajstić information content (AvgIpc) is 3.23. The largest absolute Gasteiger partial charge is 0.497 e. The minimum Gasteiger partial charge on any atom is -0.497 e. The third-order valence-electron chi connectivity index (χ3n) is 4.01. The van der Waals surface area contributed by atoms with E-state index in [1.807, 2.05) is 29.6 Å². The SMILES string of the molecule is CCOc1c(OC)cc(/C=N\Nc2nc(-c3cccc(OC)c3)cs2)cc1[N+](=O)[O-]. The van der Waals surface area contributed by atoms with E-state index in [9.17, 15) is 10.1 Å². The van der Waals surface area contributed by atoms with Crippen LogP contribution in [0.4, 0.5) is 10.8 Å². The van der Waals surface area contributed by atoms with Gasteiger partial charge in [0.25, 0.3) is 0 Å². The molecule has 1 N–H and O–H groups in total. The maximum atomic E-state index is 11.4. The van der Waals surface area contributed by atoms with E-state index in [1.165, 1.54) is 30.7 Å². The molecule has 0 amide bonds. The Balaban J connectivity index is 1.78. The van der Waals surface area contributed by atoms with Crippen LogP contribution in [0.5, 0.6) is 17.2 Å². The lowest BCUT2D eigenvalue weighted by molar-refractivity contribution is -0.385. The maximum Gasteiger partial charge on any atom is 0.315 e. The zero-order valence-corrected chi connectivity index (χ0v) is 17.4. The summed E-state index contributed by atoms with van der Waals surface area (Å²) in [6.45, 7) is 2.03. The monoisotopic (exact) mass is 428 g/mol. The summed E-state index contributed by atoms with van der Waals surface area (Å²) in [6.07, 6.45) is 1.46. The number of hydrogen-bond donors (Lipinski definition) is 1. The summed E-state index contributed by atoms with van der Waals surface area (Å²) >= 11 is 1.39. The van der Waals surface area contributed by atoms with Crippen molar-refractivity contribution in [1.29, 1.82) is 0 Å². The van der Waals surface area contributed by atoms with Crippen LogP contribution >= 0.6 is 11.3 Å². The Morgan fingerprint density at radius 1 is 1.27 bits per heavy atom. The topological polar surface area (TPSA) is 108 Å². The van der Waals surface area contributed by atoms with Gasteiger partial charge >= 0.3 is 5.69 Å². The number of aromatic nitrogens is 1. The first-order chi connectivity index (χ1) is 14.5. The number of nitro benzene ring substituents is 1. The standard InChI is InChI=1S/C20H20N4O5S/c1-4-29-19-17(24(25)26)8-13(9-18(19)28-3)11-21-23-20-22-16(12-30-20)14-6-5-7-15(10-14)27-2/h5-12H,4H2,1-3H3,(H,22,23)/b21-11-. The van der Waals surface area contributed by atoms with E-state index in [2.05, 4.69) is 15.5 Å². The molecule has 0 radical (unpaired) electrons. The van der Waals surface area contributed by atoms with Crippen molar-refractivity contribution in [1.82, 2.24) is 4.98 Å². The fourth-order valence-corrected chi connectivity index (χ4v) is 3.33. The van der Waals surface area contributed by atoms with E-state index < -0.39 is 4.92 Å². The van der Waals surface area contributed by atoms with Gasteiger partial charge in [-0.3, -0.25) is 15.5 Å². The molecular weight excluding hydrogens is 408 g/mol. The number of nitrogens with zero attached hydrogens (tertiary/aromatic N) is 3. The van der Waals surface area contributed by atoms with Crippen LogP contribution in [0.3, 0.4) is 0 Å². The molecule has 3 aromatic rings. The first-order valence-electron chi connectivity index (χ1n) is 8.94. The Bertz CT molecular complexity index is 1070. The van der Waals surface area contributed by atoms with Gasteiger partial charge in [0, 0.05) is 22.6 Å². The van der Waals surface area contributed by atoms with E-state index in [-0.39, 0.29) is 23.8 Å². The van der Waals surface area contributed by atoms with Gasteiger partial charge in [0.15, 0.2) is 5.75 Å². The number of rotatable bonds is 9. The van der Waals surface area contributed by atoms with Crippen molar-refractivity contribution >= 4 is 28.4 Å². The van der Waals surface area contributed by atoms with Crippen LogP contribution in [0.15, 0.2) is 46.9 Å². The number of methoxy groups -OCH3 is 2. The molecule has 0 aliphatic carbocycles. The molecule has 1 heterocycles. The molecule has 0 saturated carbocycles. The van der Waals surface area contributed by atoms with Gasteiger partial charge in [0.05, 0.1) is 37.7 Å². The number of hydrogen-bond acceptors (Lipinski definition) is 9. The van der Waals surface area contributed by atoms with Gasteiger partial charge < -0.3 is 14.2 Å². The Labute approximate surface area is 177 Å². The number of nitrogens with one attached hydrogen (secondary N) is 1. The van der Waals surface area contributed by atoms with Crippen molar-refractivity contribution in [2.24, 2.45) is 5.10 Å². The summed E-state index contributed by atoms with van der Waals surface area (Å²) in [7, 11) is 3.04. The number of ether oxygens (including phenoxy) is 3. The number of anilines is 1. The fraction of sp³-hybridized carbons (Fsp3) is 0.200. The Hall–Kier alpha value is -3.66. The summed E-state index contributed by atoms with van der Waals surface area (Å²) in [4.78, 5) is 15.4. The highest BCUT2D eigenvalue weighted by Crippen LogP contribution is 2.38. The van der Waals surface area contributed by atoms with Gasteiger partial charge in [0.2, 0.25) is 10.9 Å². The molecule has 0 aliphatic heterocycles. The second kappa shape index (κ2) is 9.70. The van der Waals surface area contributed by atoms with Crippen molar-refractivity contribution in [3.63, 3.8) is 0 Å². The molecule has 3 rings (SSSR count). The van der Waals surface area contributed by atoms with Gasteiger partial charge in [-0.1, -0.05) is 12.1 Å². The lowest BCUT2D eigenvalue weighted by Crippen LogP contribution is -2.02. The summed E-state index contributed by atoms with van der Waals surface area (Å²) < 4.78 is 15.8. The van der Waals surface area contributed by atoms with Crippen molar-refractivity contribution in [2.45, 2.75) is 6.92 Å². The number of hydrazone groups is 1. The first-order valence-corrected chi connectivity index (χ1v) is 9.82. The molecule has 10 heteroatoms. The molecule has 1 aromatic heterocycles. The minimum absolute atomic E-state index is 0.0953. The van der Waals surface area contributed by atoms with Crippen LogP contribution in [-0.2, 0) is 0 Å². The second-order valence-electron chi connectivity index (χ2n) is 5.90. The molecule has 156 valence electrons. The third-order valence-corrected chi connectivity index (χ3v) is 4.75. The van der Waals surface area contributed by atoms with Crippen LogP contribution in [0, 0.1) is 10.1 Å². The number of benzene rings is 2. The Morgan fingerprint density at radius 2 is 2.10 bits per heavy atom. The van der Waals surface area contributed by atoms with Crippen LogP contribution in [-0.4, -0.2) is 36.9 Å². The summed E-state index contributed by atoms with van der Waals surface area (Å²) in [5.41, 5.74) is 4.85. The van der Waals surface area contributed by atoms with E-state index in [4.69, 9.17) is 14.2 Å². The minimum atomic E-state index is -0.514. The molecule has 0 fully saturated rings. The lowest BCUT2D eigenvalue weighted by Gasteiger charge is -2.10. The summed E-state index contributed by atoms with van der Waals surface area (Å²) in [5.74, 6) is 1.11. The molecule has 0 atom stereocenters. The fourth-order valence-electron chi connectivity index (χ4n) is 2.66. The van der Waals surface area contributed by atoms with Gasteiger partial charge in [-0.05, 0) is 25.1 Å². The average molecular weight is 428 g/mol. The molecule has 2 aromatic carbocycles. The van der Waals surface area contributed by atoms with E-state index in [0.717, 1.165) is 17.0 Å². The smallest absolute Gasteiger partial charge is 0.315 e. The quantitative estimate of drug-likeness (QED) is 0.302. The van der Waals surface area contributed by atoms with Gasteiger partial charge in [-0.25, -0.2) is 4.98 Å². The van der Waals surface area contributed by atoms with E-state index in [0.29, 0.717) is 10.7 Å². The zero-order valence-electron chi connectivity index (χ0n) is 16.6. The number of nitro groups is 1. The maximum absolute atomic E-state index is 11.4. The molecule has 0 unspecified atom stereocenters.